The van der Waals surface area contributed by atoms with Crippen molar-refractivity contribution >= 4 is 28.7 Å². The van der Waals surface area contributed by atoms with Crippen molar-refractivity contribution in [1.82, 2.24) is 0 Å². The fraction of sp³-hybridized carbons (Fsp3) is 0.654. The molecule has 0 aliphatic carbocycles. The molecule has 0 amide bonds. The van der Waals surface area contributed by atoms with Gasteiger partial charge in [0.15, 0.2) is 5.54 Å². The quantitative estimate of drug-likeness (QED) is 0.171. The van der Waals surface area contributed by atoms with Gasteiger partial charge < -0.3 is 28.8 Å². The third-order valence-electron chi connectivity index (χ3n) is 5.73. The molecule has 1 unspecified atom stereocenters. The van der Waals surface area contributed by atoms with Crippen LogP contribution in [-0.4, -0.2) is 80.1 Å². The summed E-state index contributed by atoms with van der Waals surface area (Å²) in [6, 6.07) is 5.18. The highest BCUT2D eigenvalue weighted by Gasteiger charge is 2.39. The number of ether oxygens (including phenoxy) is 5. The highest BCUT2D eigenvalue weighted by atomic mass is 32.2. The maximum absolute atomic E-state index is 12.9. The lowest BCUT2D eigenvalue weighted by molar-refractivity contribution is -0.141. The van der Waals surface area contributed by atoms with Gasteiger partial charge in [0.2, 0.25) is 0 Å². The van der Waals surface area contributed by atoms with Crippen LogP contribution in [0, 0.1) is 5.92 Å². The van der Waals surface area contributed by atoms with E-state index in [1.54, 1.807) is 32.2 Å². The fourth-order valence-corrected chi connectivity index (χ4v) is 4.61. The van der Waals surface area contributed by atoms with Gasteiger partial charge in [-0.2, -0.15) is 0 Å². The molecular weight excluding hydrogens is 486 g/mol. The Labute approximate surface area is 217 Å². The van der Waals surface area contributed by atoms with Crippen molar-refractivity contribution in [3.05, 3.63) is 23.8 Å². The number of esters is 1. The summed E-state index contributed by atoms with van der Waals surface area (Å²) in [7, 11) is 1.62. The van der Waals surface area contributed by atoms with Crippen LogP contribution in [0.3, 0.4) is 0 Å². The molecule has 1 aliphatic rings. The number of benzene rings is 1. The molecule has 0 fully saturated rings. The second-order valence-corrected chi connectivity index (χ2v) is 9.64. The number of unbranched alkanes of at least 4 members (excludes halogenated alkanes) is 1. The molecule has 10 heteroatoms. The molecule has 36 heavy (non-hydrogen) atoms. The number of carboxylic acid groups (broad SMARTS) is 1. The van der Waals surface area contributed by atoms with Gasteiger partial charge >= 0.3 is 11.9 Å². The van der Waals surface area contributed by atoms with Crippen LogP contribution in [0.15, 0.2) is 23.2 Å². The number of methoxy groups -OCH3 is 1. The number of aliphatic carboxylic acids is 1. The van der Waals surface area contributed by atoms with Crippen LogP contribution in [-0.2, 0) is 23.8 Å². The van der Waals surface area contributed by atoms with E-state index in [1.165, 1.54) is 11.8 Å². The molecule has 2 atom stereocenters. The van der Waals surface area contributed by atoms with Crippen molar-refractivity contribution in [2.75, 3.05) is 52.5 Å². The Kier molecular flexibility index (Phi) is 13.3. The normalized spacial score (nSPS) is 18.1. The van der Waals surface area contributed by atoms with E-state index in [4.69, 9.17) is 23.7 Å². The summed E-state index contributed by atoms with van der Waals surface area (Å²) in [5.74, 6) is -0.342. The zero-order chi connectivity index (χ0) is 26.4. The topological polar surface area (TPSA) is 113 Å². The van der Waals surface area contributed by atoms with Crippen molar-refractivity contribution < 1.29 is 38.4 Å². The molecule has 202 valence electrons. The number of nitrogens with zero attached hydrogens (tertiary/aromatic N) is 1. The minimum atomic E-state index is -1.21. The molecule has 1 aromatic carbocycles. The van der Waals surface area contributed by atoms with Gasteiger partial charge in [-0.15, -0.1) is 11.8 Å². The first kappa shape index (κ1) is 30.1. The Bertz CT molecular complexity index is 878. The van der Waals surface area contributed by atoms with E-state index in [-0.39, 0.29) is 11.9 Å². The third kappa shape index (κ3) is 9.38. The number of rotatable bonds is 18. The summed E-state index contributed by atoms with van der Waals surface area (Å²) in [4.78, 5) is 29.0. The molecular formula is C26H39NO8S. The Morgan fingerprint density at radius 1 is 1.11 bits per heavy atom. The highest BCUT2D eigenvalue weighted by Crippen LogP contribution is 2.36. The van der Waals surface area contributed by atoms with Crippen LogP contribution in [0.5, 0.6) is 11.5 Å². The SMILES string of the molecule is CCCCC(CC)C(=O)Oc1cc(OCCOCCOCCOC)ccc1C1=N[C@@](C)(C(=O)O)CS1. The lowest BCUT2D eigenvalue weighted by Gasteiger charge is -2.17. The van der Waals surface area contributed by atoms with Gasteiger partial charge in [0.05, 0.1) is 39.0 Å². The summed E-state index contributed by atoms with van der Waals surface area (Å²) < 4.78 is 27.4. The van der Waals surface area contributed by atoms with Gasteiger partial charge in [0.1, 0.15) is 23.1 Å². The average Bonchev–Trinajstić information content (AvgIpc) is 3.27. The molecule has 0 spiro atoms. The molecule has 0 saturated carbocycles. The molecule has 1 N–H and O–H groups in total. The van der Waals surface area contributed by atoms with E-state index >= 15 is 0 Å². The van der Waals surface area contributed by atoms with E-state index in [2.05, 4.69) is 11.9 Å². The monoisotopic (exact) mass is 525 g/mol. The summed E-state index contributed by atoms with van der Waals surface area (Å²) in [5.41, 5.74) is -0.630. The van der Waals surface area contributed by atoms with Gasteiger partial charge in [-0.1, -0.05) is 26.7 Å². The highest BCUT2D eigenvalue weighted by molar-refractivity contribution is 8.14. The Morgan fingerprint density at radius 2 is 1.81 bits per heavy atom. The Morgan fingerprint density at radius 3 is 2.42 bits per heavy atom. The van der Waals surface area contributed by atoms with Crippen molar-refractivity contribution in [3.8, 4) is 11.5 Å². The zero-order valence-corrected chi connectivity index (χ0v) is 22.6. The molecule has 0 radical (unpaired) electrons. The minimum Gasteiger partial charge on any atom is -0.491 e. The number of carbonyl (C=O) groups excluding carboxylic acids is 1. The number of carboxylic acids is 1. The fourth-order valence-electron chi connectivity index (χ4n) is 3.41. The minimum absolute atomic E-state index is 0.204. The predicted molar refractivity (Wildman–Crippen MR) is 139 cm³/mol. The number of aliphatic imine (C=N–C) groups is 1. The Balaban J connectivity index is 2.08. The molecule has 1 heterocycles. The van der Waals surface area contributed by atoms with Gasteiger partial charge in [-0.25, -0.2) is 4.79 Å². The van der Waals surface area contributed by atoms with E-state index in [9.17, 15) is 14.7 Å². The van der Waals surface area contributed by atoms with Gasteiger partial charge in [-0.05, 0) is 31.9 Å². The lowest BCUT2D eigenvalue weighted by atomic mass is 10.00. The maximum Gasteiger partial charge on any atom is 0.332 e. The van der Waals surface area contributed by atoms with Crippen molar-refractivity contribution in [1.29, 1.82) is 0 Å². The average molecular weight is 526 g/mol. The van der Waals surface area contributed by atoms with Crippen LogP contribution < -0.4 is 9.47 Å². The standard InChI is InChI=1S/C26H39NO8S/c1-5-7-8-19(6-2)24(28)35-22-17-20(34-16-15-33-14-13-32-12-11-31-4)9-10-21(22)23-27-26(3,18-36-23)25(29)30/h9-10,17,19H,5-8,11-16,18H2,1-4H3,(H,29,30)/t19?,26-/m1/s1. The van der Waals surface area contributed by atoms with Gasteiger partial charge in [0, 0.05) is 24.5 Å². The molecule has 1 aliphatic heterocycles. The summed E-state index contributed by atoms with van der Waals surface area (Å²) in [6.07, 6.45) is 3.39. The summed E-state index contributed by atoms with van der Waals surface area (Å²) in [6.45, 7) is 8.32. The maximum atomic E-state index is 12.9. The van der Waals surface area contributed by atoms with Crippen LogP contribution in [0.4, 0.5) is 0 Å². The van der Waals surface area contributed by atoms with Crippen molar-refractivity contribution in [2.45, 2.75) is 52.0 Å². The van der Waals surface area contributed by atoms with Gasteiger partial charge in [0.25, 0.3) is 0 Å². The zero-order valence-electron chi connectivity index (χ0n) is 21.7. The van der Waals surface area contributed by atoms with Crippen LogP contribution in [0.2, 0.25) is 0 Å². The van der Waals surface area contributed by atoms with E-state index < -0.39 is 11.5 Å². The smallest absolute Gasteiger partial charge is 0.332 e. The third-order valence-corrected chi connectivity index (χ3v) is 7.02. The first-order chi connectivity index (χ1) is 17.3. The predicted octanol–water partition coefficient (Wildman–Crippen LogP) is 4.20. The summed E-state index contributed by atoms with van der Waals surface area (Å²) in [5, 5.41) is 10.1. The molecule has 0 saturated heterocycles. The van der Waals surface area contributed by atoms with Crippen LogP contribution >= 0.6 is 11.8 Å². The first-order valence-electron chi connectivity index (χ1n) is 12.4. The second-order valence-electron chi connectivity index (χ2n) is 8.68. The lowest BCUT2D eigenvalue weighted by Crippen LogP contribution is -2.33. The molecule has 1 aromatic rings. The molecule has 9 nitrogen and oxygen atoms in total. The largest absolute Gasteiger partial charge is 0.491 e. The van der Waals surface area contributed by atoms with Crippen molar-refractivity contribution in [3.63, 3.8) is 0 Å². The van der Waals surface area contributed by atoms with Gasteiger partial charge in [-0.3, -0.25) is 9.79 Å². The molecule has 0 bridgehead atoms. The molecule has 2 rings (SSSR count). The summed E-state index contributed by atoms with van der Waals surface area (Å²) >= 11 is 1.34. The number of hydrogen-bond acceptors (Lipinski definition) is 9. The number of carbonyl (C=O) groups is 2. The Hall–Kier alpha value is -2.14. The van der Waals surface area contributed by atoms with Crippen LogP contribution in [0.25, 0.3) is 0 Å². The van der Waals surface area contributed by atoms with E-state index in [1.807, 2.05) is 6.92 Å². The van der Waals surface area contributed by atoms with Crippen LogP contribution in [0.1, 0.15) is 52.0 Å². The van der Waals surface area contributed by atoms with E-state index in [0.29, 0.717) is 73.9 Å². The number of thioether (sulfide) groups is 1. The first-order valence-corrected chi connectivity index (χ1v) is 13.4. The second kappa shape index (κ2) is 15.9. The molecule has 0 aromatic heterocycles. The van der Waals surface area contributed by atoms with E-state index in [0.717, 1.165) is 19.3 Å². The van der Waals surface area contributed by atoms with Crippen molar-refractivity contribution in [2.24, 2.45) is 10.9 Å². The number of hydrogen-bond donors (Lipinski definition) is 1.